The summed E-state index contributed by atoms with van der Waals surface area (Å²) >= 11 is 0. The molecule has 0 bridgehead atoms. The highest BCUT2D eigenvalue weighted by molar-refractivity contribution is 6.04. The molecule has 2 N–H and O–H groups in total. The molecule has 0 aliphatic rings. The third kappa shape index (κ3) is 3.61. The molecule has 1 unspecified atom stereocenters. The summed E-state index contributed by atoms with van der Waals surface area (Å²) in [5.41, 5.74) is 2.43. The van der Waals surface area contributed by atoms with Crippen molar-refractivity contribution in [1.82, 2.24) is 5.32 Å². The number of para-hydroxylation sites is 1. The van der Waals surface area contributed by atoms with E-state index in [1.165, 1.54) is 0 Å². The number of hydrogen-bond acceptors (Lipinski definition) is 3. The van der Waals surface area contributed by atoms with Crippen LogP contribution in [0.3, 0.4) is 0 Å². The number of amides is 1. The van der Waals surface area contributed by atoms with Crippen LogP contribution in [-0.2, 0) is 0 Å². The fourth-order valence-electron chi connectivity index (χ4n) is 2.10. The Balaban J connectivity index is 2.23. The molecular formula is C17H20N2O2. The Hall–Kier alpha value is -2.33. The van der Waals surface area contributed by atoms with Gasteiger partial charge in [0.25, 0.3) is 5.91 Å². The SMILES string of the molecule is CNC(C)c1ccccc1NC(=O)c1cccc(OC)c1. The van der Waals surface area contributed by atoms with Gasteiger partial charge >= 0.3 is 0 Å². The van der Waals surface area contributed by atoms with Gasteiger partial charge < -0.3 is 15.4 Å². The lowest BCUT2D eigenvalue weighted by Crippen LogP contribution is -2.18. The number of methoxy groups -OCH3 is 1. The predicted molar refractivity (Wildman–Crippen MR) is 84.9 cm³/mol. The number of ether oxygens (including phenoxy) is 1. The molecule has 2 aromatic rings. The summed E-state index contributed by atoms with van der Waals surface area (Å²) in [7, 11) is 3.48. The molecule has 0 aliphatic carbocycles. The number of hydrogen-bond donors (Lipinski definition) is 2. The Morgan fingerprint density at radius 2 is 1.90 bits per heavy atom. The molecule has 1 amide bonds. The van der Waals surface area contributed by atoms with Crippen LogP contribution < -0.4 is 15.4 Å². The molecule has 2 rings (SSSR count). The van der Waals surface area contributed by atoms with Gasteiger partial charge in [0.2, 0.25) is 0 Å². The fourth-order valence-corrected chi connectivity index (χ4v) is 2.10. The van der Waals surface area contributed by atoms with E-state index in [1.54, 1.807) is 25.3 Å². The van der Waals surface area contributed by atoms with Gasteiger partial charge in [-0.15, -0.1) is 0 Å². The maximum absolute atomic E-state index is 12.4. The topological polar surface area (TPSA) is 50.4 Å². The Morgan fingerprint density at radius 3 is 2.62 bits per heavy atom. The lowest BCUT2D eigenvalue weighted by molar-refractivity contribution is 0.102. The van der Waals surface area contributed by atoms with Gasteiger partial charge in [0, 0.05) is 17.3 Å². The zero-order valence-corrected chi connectivity index (χ0v) is 12.5. The second-order valence-electron chi connectivity index (χ2n) is 4.78. The number of carbonyl (C=O) groups is 1. The third-order valence-corrected chi connectivity index (χ3v) is 3.44. The summed E-state index contributed by atoms with van der Waals surface area (Å²) in [6.07, 6.45) is 0. The summed E-state index contributed by atoms with van der Waals surface area (Å²) in [6, 6.07) is 15.0. The van der Waals surface area contributed by atoms with Crippen molar-refractivity contribution in [3.05, 3.63) is 59.7 Å². The molecule has 4 heteroatoms. The first-order valence-electron chi connectivity index (χ1n) is 6.87. The average Bonchev–Trinajstić information content (AvgIpc) is 2.54. The van der Waals surface area contributed by atoms with Gasteiger partial charge in [-0.3, -0.25) is 4.79 Å². The number of anilines is 1. The van der Waals surface area contributed by atoms with Crippen molar-refractivity contribution in [3.63, 3.8) is 0 Å². The lowest BCUT2D eigenvalue weighted by Gasteiger charge is -2.16. The molecule has 0 fully saturated rings. The van der Waals surface area contributed by atoms with Gasteiger partial charge in [-0.1, -0.05) is 24.3 Å². The second-order valence-corrected chi connectivity index (χ2v) is 4.78. The molecule has 4 nitrogen and oxygen atoms in total. The van der Waals surface area contributed by atoms with Gasteiger partial charge in [0.15, 0.2) is 0 Å². The molecule has 1 atom stereocenters. The summed E-state index contributed by atoms with van der Waals surface area (Å²) < 4.78 is 5.14. The minimum Gasteiger partial charge on any atom is -0.497 e. The Kier molecular flexibility index (Phi) is 4.95. The van der Waals surface area contributed by atoms with Gasteiger partial charge in [-0.05, 0) is 43.8 Å². The van der Waals surface area contributed by atoms with Crippen LogP contribution in [0.15, 0.2) is 48.5 Å². The molecule has 0 aromatic heterocycles. The van der Waals surface area contributed by atoms with Crippen molar-refractivity contribution in [2.75, 3.05) is 19.5 Å². The predicted octanol–water partition coefficient (Wildman–Crippen LogP) is 3.23. The number of carbonyl (C=O) groups excluding carboxylic acids is 1. The van der Waals surface area contributed by atoms with Crippen LogP contribution in [0, 0.1) is 0 Å². The van der Waals surface area contributed by atoms with Crippen LogP contribution in [0.5, 0.6) is 5.75 Å². The summed E-state index contributed by atoms with van der Waals surface area (Å²) in [5, 5.41) is 6.14. The molecule has 0 saturated carbocycles. The van der Waals surface area contributed by atoms with Crippen LogP contribution in [-0.4, -0.2) is 20.1 Å². The number of rotatable bonds is 5. The Morgan fingerprint density at radius 1 is 1.14 bits per heavy atom. The highest BCUT2D eigenvalue weighted by Crippen LogP contribution is 2.23. The zero-order chi connectivity index (χ0) is 15.2. The monoisotopic (exact) mass is 284 g/mol. The van der Waals surface area contributed by atoms with Crippen molar-refractivity contribution < 1.29 is 9.53 Å². The number of benzene rings is 2. The first kappa shape index (κ1) is 15.1. The lowest BCUT2D eigenvalue weighted by atomic mass is 10.1. The van der Waals surface area contributed by atoms with E-state index in [0.717, 1.165) is 11.3 Å². The van der Waals surface area contributed by atoms with E-state index in [4.69, 9.17) is 4.74 Å². The van der Waals surface area contributed by atoms with Crippen molar-refractivity contribution in [1.29, 1.82) is 0 Å². The molecule has 21 heavy (non-hydrogen) atoms. The zero-order valence-electron chi connectivity index (χ0n) is 12.5. The molecule has 0 heterocycles. The van der Waals surface area contributed by atoms with Gasteiger partial charge in [0.05, 0.1) is 7.11 Å². The molecular weight excluding hydrogens is 264 g/mol. The average molecular weight is 284 g/mol. The van der Waals surface area contributed by atoms with E-state index < -0.39 is 0 Å². The van der Waals surface area contributed by atoms with E-state index >= 15 is 0 Å². The first-order valence-corrected chi connectivity index (χ1v) is 6.87. The fraction of sp³-hybridized carbons (Fsp3) is 0.235. The molecule has 2 aromatic carbocycles. The van der Waals surface area contributed by atoms with E-state index in [-0.39, 0.29) is 11.9 Å². The normalized spacial score (nSPS) is 11.8. The van der Waals surface area contributed by atoms with Crippen LogP contribution in [0.4, 0.5) is 5.69 Å². The minimum absolute atomic E-state index is 0.148. The minimum atomic E-state index is -0.148. The molecule has 0 radical (unpaired) electrons. The van der Waals surface area contributed by atoms with E-state index in [0.29, 0.717) is 11.3 Å². The standard InChI is InChI=1S/C17H20N2O2/c1-12(18-2)15-9-4-5-10-16(15)19-17(20)13-7-6-8-14(11-13)21-3/h4-12,18H,1-3H3,(H,19,20). The van der Waals surface area contributed by atoms with Crippen molar-refractivity contribution >= 4 is 11.6 Å². The summed E-state index contributed by atoms with van der Waals surface area (Å²) in [6.45, 7) is 2.05. The third-order valence-electron chi connectivity index (χ3n) is 3.44. The van der Waals surface area contributed by atoms with E-state index in [2.05, 4.69) is 17.6 Å². The Bertz CT molecular complexity index is 626. The Labute approximate surface area is 125 Å². The van der Waals surface area contributed by atoms with E-state index in [9.17, 15) is 4.79 Å². The van der Waals surface area contributed by atoms with Crippen LogP contribution in [0.2, 0.25) is 0 Å². The molecule has 0 saturated heterocycles. The van der Waals surface area contributed by atoms with Crippen LogP contribution >= 0.6 is 0 Å². The maximum atomic E-state index is 12.4. The van der Waals surface area contributed by atoms with Crippen LogP contribution in [0.25, 0.3) is 0 Å². The quantitative estimate of drug-likeness (QED) is 0.886. The highest BCUT2D eigenvalue weighted by Gasteiger charge is 2.12. The van der Waals surface area contributed by atoms with Gasteiger partial charge in [0.1, 0.15) is 5.75 Å². The van der Waals surface area contributed by atoms with Gasteiger partial charge in [-0.25, -0.2) is 0 Å². The summed E-state index contributed by atoms with van der Waals surface area (Å²) in [5.74, 6) is 0.518. The maximum Gasteiger partial charge on any atom is 0.255 e. The molecule has 0 aliphatic heterocycles. The summed E-state index contributed by atoms with van der Waals surface area (Å²) in [4.78, 5) is 12.4. The first-order chi connectivity index (χ1) is 10.2. The largest absolute Gasteiger partial charge is 0.497 e. The molecule has 110 valence electrons. The van der Waals surface area contributed by atoms with Gasteiger partial charge in [-0.2, -0.15) is 0 Å². The highest BCUT2D eigenvalue weighted by atomic mass is 16.5. The second kappa shape index (κ2) is 6.90. The van der Waals surface area contributed by atoms with Crippen molar-refractivity contribution in [3.8, 4) is 5.75 Å². The van der Waals surface area contributed by atoms with Crippen LogP contribution in [0.1, 0.15) is 28.9 Å². The van der Waals surface area contributed by atoms with Crippen molar-refractivity contribution in [2.45, 2.75) is 13.0 Å². The smallest absolute Gasteiger partial charge is 0.255 e. The van der Waals surface area contributed by atoms with Crippen molar-refractivity contribution in [2.24, 2.45) is 0 Å². The van der Waals surface area contributed by atoms with E-state index in [1.807, 2.05) is 37.4 Å². The number of nitrogens with one attached hydrogen (secondary N) is 2. The molecule has 0 spiro atoms.